The number of nitrogens with one attached hydrogen (secondary N) is 2. The van der Waals surface area contributed by atoms with Crippen molar-refractivity contribution in [2.75, 3.05) is 13.1 Å². The minimum atomic E-state index is 0.179. The maximum atomic E-state index is 13.9. The number of fused-ring (bicyclic) bond motifs is 1. The maximum absolute atomic E-state index is 13.9. The van der Waals surface area contributed by atoms with Crippen LogP contribution in [0.2, 0.25) is 0 Å². The molecule has 5 aliphatic rings. The van der Waals surface area contributed by atoms with Gasteiger partial charge in [0, 0.05) is 43.3 Å². The van der Waals surface area contributed by atoms with Gasteiger partial charge in [0.25, 0.3) is 0 Å². The van der Waals surface area contributed by atoms with Crippen LogP contribution in [-0.4, -0.2) is 59.0 Å². The molecule has 166 valence electrons. The first-order valence-electron chi connectivity index (χ1n) is 12.5. The van der Waals surface area contributed by atoms with E-state index in [9.17, 15) is 4.79 Å². The molecule has 1 amide bonds. The highest BCUT2D eigenvalue weighted by Crippen LogP contribution is 2.40. The zero-order valence-electron chi connectivity index (χ0n) is 18.9. The number of hydrogen-bond donors (Lipinski definition) is 2. The SMILES string of the molecule is CC1CC(C(=O)N(C2CC2)C2CCC3NNCC3C2)C(C)N1CCC1=CC=CCC1. The first-order valence-corrected chi connectivity index (χ1v) is 12.5. The van der Waals surface area contributed by atoms with Crippen molar-refractivity contribution in [3.05, 3.63) is 23.8 Å². The topological polar surface area (TPSA) is 47.6 Å². The highest BCUT2D eigenvalue weighted by molar-refractivity contribution is 5.81. The fourth-order valence-corrected chi connectivity index (χ4v) is 6.63. The number of carbonyl (C=O) groups excluding carboxylic acids is 1. The molecule has 2 heterocycles. The van der Waals surface area contributed by atoms with Crippen LogP contribution in [0.5, 0.6) is 0 Å². The number of hydrogen-bond acceptors (Lipinski definition) is 4. The van der Waals surface area contributed by atoms with Crippen molar-refractivity contribution in [3.63, 3.8) is 0 Å². The number of nitrogens with zero attached hydrogens (tertiary/aromatic N) is 2. The van der Waals surface area contributed by atoms with Crippen molar-refractivity contribution >= 4 is 5.91 Å². The van der Waals surface area contributed by atoms with Gasteiger partial charge in [-0.25, -0.2) is 0 Å². The van der Waals surface area contributed by atoms with Crippen LogP contribution < -0.4 is 10.9 Å². The molecule has 0 aromatic heterocycles. The number of rotatable bonds is 6. The number of carbonyl (C=O) groups is 1. The predicted octanol–water partition coefficient (Wildman–Crippen LogP) is 3.39. The molecule has 0 radical (unpaired) electrons. The molecule has 5 rings (SSSR count). The molecule has 6 atom stereocenters. The molecule has 2 N–H and O–H groups in total. The Hall–Kier alpha value is -1.17. The second-order valence-electron chi connectivity index (χ2n) is 10.5. The lowest BCUT2D eigenvalue weighted by Gasteiger charge is -2.40. The Morgan fingerprint density at radius 1 is 1.17 bits per heavy atom. The van der Waals surface area contributed by atoms with E-state index in [-0.39, 0.29) is 5.92 Å². The van der Waals surface area contributed by atoms with Crippen LogP contribution in [0.1, 0.15) is 71.6 Å². The summed E-state index contributed by atoms with van der Waals surface area (Å²) >= 11 is 0. The highest BCUT2D eigenvalue weighted by atomic mass is 16.2. The van der Waals surface area contributed by atoms with Gasteiger partial charge < -0.3 is 4.90 Å². The lowest BCUT2D eigenvalue weighted by atomic mass is 9.81. The molecule has 2 saturated heterocycles. The van der Waals surface area contributed by atoms with E-state index >= 15 is 0 Å². The monoisotopic (exact) mass is 412 g/mol. The van der Waals surface area contributed by atoms with Gasteiger partial charge in [-0.15, -0.1) is 0 Å². The lowest BCUT2D eigenvalue weighted by Crippen LogP contribution is -2.51. The van der Waals surface area contributed by atoms with Gasteiger partial charge in [-0.05, 0) is 77.6 Å². The molecule has 0 aromatic rings. The van der Waals surface area contributed by atoms with E-state index in [0.29, 0.717) is 42.0 Å². The van der Waals surface area contributed by atoms with E-state index in [1.54, 1.807) is 5.57 Å². The van der Waals surface area contributed by atoms with E-state index in [1.165, 1.54) is 44.9 Å². The van der Waals surface area contributed by atoms with Crippen LogP contribution in [0.4, 0.5) is 0 Å². The molecule has 4 fully saturated rings. The van der Waals surface area contributed by atoms with E-state index in [4.69, 9.17) is 0 Å². The minimum Gasteiger partial charge on any atom is -0.336 e. The Kier molecular flexibility index (Phi) is 6.05. The normalized spacial score (nSPS) is 39.1. The van der Waals surface area contributed by atoms with Gasteiger partial charge in [0.2, 0.25) is 5.91 Å². The fourth-order valence-electron chi connectivity index (χ4n) is 6.63. The van der Waals surface area contributed by atoms with Crippen LogP contribution in [0.3, 0.4) is 0 Å². The first-order chi connectivity index (χ1) is 14.6. The molecule has 6 unspecified atom stereocenters. The van der Waals surface area contributed by atoms with Crippen LogP contribution in [0.25, 0.3) is 0 Å². The van der Waals surface area contributed by atoms with Crippen molar-refractivity contribution in [1.82, 2.24) is 20.7 Å². The Labute approximate surface area is 182 Å². The van der Waals surface area contributed by atoms with E-state index < -0.39 is 0 Å². The van der Waals surface area contributed by atoms with Crippen LogP contribution in [0.15, 0.2) is 23.8 Å². The van der Waals surface area contributed by atoms with Gasteiger partial charge in [-0.2, -0.15) is 0 Å². The lowest BCUT2D eigenvalue weighted by molar-refractivity contribution is -0.140. The summed E-state index contributed by atoms with van der Waals surface area (Å²) in [5.41, 5.74) is 8.35. The zero-order chi connectivity index (χ0) is 20.7. The summed E-state index contributed by atoms with van der Waals surface area (Å²) in [6.07, 6.45) is 17.3. The molecule has 3 aliphatic carbocycles. The second kappa shape index (κ2) is 8.76. The van der Waals surface area contributed by atoms with Crippen LogP contribution >= 0.6 is 0 Å². The van der Waals surface area contributed by atoms with Crippen LogP contribution in [-0.2, 0) is 4.79 Å². The highest BCUT2D eigenvalue weighted by Gasteiger charge is 2.48. The Bertz CT molecular complexity index is 699. The summed E-state index contributed by atoms with van der Waals surface area (Å²) in [4.78, 5) is 18.9. The van der Waals surface area contributed by atoms with Gasteiger partial charge in [-0.3, -0.25) is 20.5 Å². The summed E-state index contributed by atoms with van der Waals surface area (Å²) in [5.74, 6) is 1.34. The molecule has 0 spiro atoms. The van der Waals surface area contributed by atoms with Crippen molar-refractivity contribution < 1.29 is 4.79 Å². The minimum absolute atomic E-state index is 0.179. The number of amides is 1. The Morgan fingerprint density at radius 3 is 2.77 bits per heavy atom. The third-order valence-electron chi connectivity index (χ3n) is 8.57. The third-order valence-corrected chi connectivity index (χ3v) is 8.57. The summed E-state index contributed by atoms with van der Waals surface area (Å²) in [7, 11) is 0. The Morgan fingerprint density at radius 2 is 2.00 bits per heavy atom. The van der Waals surface area contributed by atoms with Gasteiger partial charge in [-0.1, -0.05) is 23.8 Å². The fraction of sp³-hybridized carbons (Fsp3) is 0.800. The van der Waals surface area contributed by atoms with E-state index in [2.05, 4.69) is 52.7 Å². The van der Waals surface area contributed by atoms with Gasteiger partial charge in [0.05, 0.1) is 5.92 Å². The molecular formula is C25H40N4O. The molecule has 0 bridgehead atoms. The number of allylic oxidation sites excluding steroid dienone is 3. The zero-order valence-corrected chi connectivity index (χ0v) is 18.9. The first kappa shape index (κ1) is 20.7. The van der Waals surface area contributed by atoms with E-state index in [0.717, 1.165) is 25.9 Å². The smallest absolute Gasteiger partial charge is 0.227 e. The van der Waals surface area contributed by atoms with Gasteiger partial charge in [0.1, 0.15) is 0 Å². The molecule has 2 aliphatic heterocycles. The summed E-state index contributed by atoms with van der Waals surface area (Å²) in [6.45, 7) is 6.80. The molecular weight excluding hydrogens is 372 g/mol. The van der Waals surface area contributed by atoms with Crippen LogP contribution in [0, 0.1) is 11.8 Å². The van der Waals surface area contributed by atoms with Gasteiger partial charge in [0.15, 0.2) is 0 Å². The standard InChI is InChI=1S/C25H40N4O/c1-17-14-23(18(2)28(17)13-12-19-6-4-3-5-7-19)25(30)29(21-8-9-21)22-10-11-24-20(15-22)16-26-27-24/h3-4,6,17-18,20-24,26-27H,5,7-16H2,1-2H3. The number of likely N-dealkylation sites (tertiary alicyclic amines) is 1. The average Bonchev–Trinajstić information content (AvgIpc) is 3.40. The third kappa shape index (κ3) is 4.13. The van der Waals surface area contributed by atoms with Crippen molar-refractivity contribution in [1.29, 1.82) is 0 Å². The summed E-state index contributed by atoms with van der Waals surface area (Å²) in [6, 6.07) is 2.47. The molecule has 0 aromatic carbocycles. The molecule has 30 heavy (non-hydrogen) atoms. The van der Waals surface area contributed by atoms with E-state index in [1.807, 2.05) is 0 Å². The average molecular weight is 413 g/mol. The van der Waals surface area contributed by atoms with Crippen molar-refractivity contribution in [2.24, 2.45) is 11.8 Å². The number of hydrazine groups is 1. The Balaban J connectivity index is 1.24. The molecule has 2 saturated carbocycles. The maximum Gasteiger partial charge on any atom is 0.227 e. The quantitative estimate of drug-likeness (QED) is 0.702. The summed E-state index contributed by atoms with van der Waals surface area (Å²) in [5, 5.41) is 0. The van der Waals surface area contributed by atoms with Gasteiger partial charge >= 0.3 is 0 Å². The van der Waals surface area contributed by atoms with Crippen molar-refractivity contribution in [3.8, 4) is 0 Å². The van der Waals surface area contributed by atoms with Crippen molar-refractivity contribution in [2.45, 2.75) is 102 Å². The largest absolute Gasteiger partial charge is 0.336 e. The molecule has 5 nitrogen and oxygen atoms in total. The molecule has 5 heteroatoms. The predicted molar refractivity (Wildman–Crippen MR) is 121 cm³/mol. The second-order valence-corrected chi connectivity index (χ2v) is 10.5. The summed E-state index contributed by atoms with van der Waals surface area (Å²) < 4.78 is 0.